The van der Waals surface area contributed by atoms with E-state index < -0.39 is 23.7 Å². The Morgan fingerprint density at radius 3 is 2.37 bits per heavy atom. The van der Waals surface area contributed by atoms with Gasteiger partial charge < -0.3 is 9.47 Å². The number of hydrogen-bond donors (Lipinski definition) is 1. The molecule has 9 heteroatoms. The van der Waals surface area contributed by atoms with E-state index in [0.717, 1.165) is 17.0 Å². The largest absolute Gasteiger partial charge is 0.493 e. The SMILES string of the molecule is COc1cc(/C=C2\C(=O)NC(=O)N(c3ccc(F)cc3)C2=O)c(Br)cc1OC(C)C. The number of halogens is 2. The number of urea groups is 1. The minimum Gasteiger partial charge on any atom is -0.493 e. The number of hydrogen-bond acceptors (Lipinski definition) is 5. The van der Waals surface area contributed by atoms with Crippen molar-refractivity contribution in [3.63, 3.8) is 0 Å². The van der Waals surface area contributed by atoms with Gasteiger partial charge in [-0.2, -0.15) is 0 Å². The zero-order valence-corrected chi connectivity index (χ0v) is 17.9. The van der Waals surface area contributed by atoms with Crippen LogP contribution < -0.4 is 19.7 Å². The van der Waals surface area contributed by atoms with Gasteiger partial charge in [-0.3, -0.25) is 14.9 Å². The lowest BCUT2D eigenvalue weighted by Crippen LogP contribution is -2.54. The Bertz CT molecular complexity index is 1050. The quantitative estimate of drug-likeness (QED) is 0.519. The molecule has 0 saturated carbocycles. The fraction of sp³-hybridized carbons (Fsp3) is 0.190. The highest BCUT2D eigenvalue weighted by atomic mass is 79.9. The Morgan fingerprint density at radius 1 is 1.10 bits per heavy atom. The van der Waals surface area contributed by atoms with E-state index >= 15 is 0 Å². The molecule has 156 valence electrons. The summed E-state index contributed by atoms with van der Waals surface area (Å²) < 4.78 is 24.8. The molecular formula is C21H18BrFN2O5. The minimum absolute atomic E-state index is 0.0871. The van der Waals surface area contributed by atoms with Gasteiger partial charge in [-0.15, -0.1) is 0 Å². The smallest absolute Gasteiger partial charge is 0.335 e. The van der Waals surface area contributed by atoms with Crippen molar-refractivity contribution in [1.29, 1.82) is 0 Å². The van der Waals surface area contributed by atoms with Gasteiger partial charge in [-0.05, 0) is 61.9 Å². The number of nitrogens with one attached hydrogen (secondary N) is 1. The van der Waals surface area contributed by atoms with Crippen LogP contribution in [0.5, 0.6) is 11.5 Å². The lowest BCUT2D eigenvalue weighted by atomic mass is 10.1. The van der Waals surface area contributed by atoms with Crippen molar-refractivity contribution < 1.29 is 28.2 Å². The molecule has 1 heterocycles. The minimum atomic E-state index is -0.911. The van der Waals surface area contributed by atoms with Crippen molar-refractivity contribution in [1.82, 2.24) is 5.32 Å². The van der Waals surface area contributed by atoms with Gasteiger partial charge in [-0.25, -0.2) is 14.1 Å². The summed E-state index contributed by atoms with van der Waals surface area (Å²) in [6.07, 6.45) is 1.25. The normalized spacial score (nSPS) is 15.6. The second-order valence-electron chi connectivity index (χ2n) is 6.63. The van der Waals surface area contributed by atoms with E-state index in [1.165, 1.54) is 25.3 Å². The molecule has 0 spiro atoms. The van der Waals surface area contributed by atoms with Gasteiger partial charge in [-0.1, -0.05) is 15.9 Å². The number of imide groups is 2. The highest BCUT2D eigenvalue weighted by Crippen LogP contribution is 2.35. The molecule has 1 N–H and O–H groups in total. The molecule has 0 aliphatic carbocycles. The molecule has 0 radical (unpaired) electrons. The average molecular weight is 477 g/mol. The lowest BCUT2D eigenvalue weighted by Gasteiger charge is -2.26. The third kappa shape index (κ3) is 4.35. The van der Waals surface area contributed by atoms with Crippen LogP contribution in [0, 0.1) is 5.82 Å². The number of barbiturate groups is 1. The number of benzene rings is 2. The number of ether oxygens (including phenoxy) is 2. The van der Waals surface area contributed by atoms with Gasteiger partial charge in [0.15, 0.2) is 11.5 Å². The molecule has 1 aliphatic rings. The fourth-order valence-corrected chi connectivity index (χ4v) is 3.24. The predicted molar refractivity (Wildman–Crippen MR) is 112 cm³/mol. The molecule has 0 unspecified atom stereocenters. The van der Waals surface area contributed by atoms with E-state index in [1.54, 1.807) is 12.1 Å². The van der Waals surface area contributed by atoms with Gasteiger partial charge in [0.1, 0.15) is 11.4 Å². The number of carbonyl (C=O) groups excluding carboxylic acids is 3. The first kappa shape index (κ1) is 21.5. The van der Waals surface area contributed by atoms with Crippen LogP contribution in [0.15, 0.2) is 46.4 Å². The fourth-order valence-electron chi connectivity index (χ4n) is 2.80. The molecule has 0 bridgehead atoms. The maximum Gasteiger partial charge on any atom is 0.335 e. The van der Waals surface area contributed by atoms with Crippen LogP contribution in [0.25, 0.3) is 6.08 Å². The molecule has 1 aliphatic heterocycles. The first-order valence-corrected chi connectivity index (χ1v) is 9.71. The molecule has 1 saturated heterocycles. The van der Waals surface area contributed by atoms with Crippen LogP contribution >= 0.6 is 15.9 Å². The molecule has 3 rings (SSSR count). The molecule has 2 aromatic carbocycles. The van der Waals surface area contributed by atoms with E-state index in [1.807, 2.05) is 13.8 Å². The third-order valence-electron chi connectivity index (χ3n) is 4.13. The van der Waals surface area contributed by atoms with Gasteiger partial charge >= 0.3 is 6.03 Å². The second kappa shape index (κ2) is 8.66. The van der Waals surface area contributed by atoms with E-state index in [9.17, 15) is 18.8 Å². The Balaban J connectivity index is 2.03. The van der Waals surface area contributed by atoms with Crippen LogP contribution in [0.4, 0.5) is 14.9 Å². The molecular weight excluding hydrogens is 459 g/mol. The van der Waals surface area contributed by atoms with Crippen LogP contribution in [-0.2, 0) is 9.59 Å². The predicted octanol–water partition coefficient (Wildman–Crippen LogP) is 4.05. The summed E-state index contributed by atoms with van der Waals surface area (Å²) in [5.41, 5.74) is 0.337. The van der Waals surface area contributed by atoms with Crippen molar-refractivity contribution in [3.8, 4) is 11.5 Å². The monoisotopic (exact) mass is 476 g/mol. The average Bonchev–Trinajstić information content (AvgIpc) is 2.67. The first-order chi connectivity index (χ1) is 14.2. The van der Waals surface area contributed by atoms with Crippen molar-refractivity contribution in [2.75, 3.05) is 12.0 Å². The number of methoxy groups -OCH3 is 1. The maximum absolute atomic E-state index is 13.2. The lowest BCUT2D eigenvalue weighted by molar-refractivity contribution is -0.122. The Hall–Kier alpha value is -3.20. The van der Waals surface area contributed by atoms with Crippen LogP contribution in [0.3, 0.4) is 0 Å². The number of nitrogens with zero attached hydrogens (tertiary/aromatic N) is 1. The topological polar surface area (TPSA) is 84.9 Å². The third-order valence-corrected chi connectivity index (χ3v) is 4.82. The van der Waals surface area contributed by atoms with Crippen molar-refractivity contribution in [3.05, 3.63) is 57.8 Å². The van der Waals surface area contributed by atoms with Crippen LogP contribution in [0.1, 0.15) is 19.4 Å². The number of rotatable bonds is 5. The second-order valence-corrected chi connectivity index (χ2v) is 7.48. The van der Waals surface area contributed by atoms with Crippen molar-refractivity contribution in [2.24, 2.45) is 0 Å². The number of carbonyl (C=O) groups is 3. The Morgan fingerprint density at radius 2 is 1.77 bits per heavy atom. The van der Waals surface area contributed by atoms with Crippen LogP contribution in [-0.4, -0.2) is 31.1 Å². The highest BCUT2D eigenvalue weighted by molar-refractivity contribution is 9.10. The van der Waals surface area contributed by atoms with E-state index in [0.29, 0.717) is 21.5 Å². The molecule has 0 aromatic heterocycles. The number of anilines is 1. The Labute approximate surface area is 180 Å². The molecule has 7 nitrogen and oxygen atoms in total. The van der Waals surface area contributed by atoms with E-state index in [-0.39, 0.29) is 17.4 Å². The van der Waals surface area contributed by atoms with Gasteiger partial charge in [0, 0.05) is 4.47 Å². The van der Waals surface area contributed by atoms with E-state index in [4.69, 9.17) is 9.47 Å². The number of amides is 4. The summed E-state index contributed by atoms with van der Waals surface area (Å²) in [7, 11) is 1.47. The van der Waals surface area contributed by atoms with Crippen molar-refractivity contribution >= 4 is 45.5 Å². The first-order valence-electron chi connectivity index (χ1n) is 8.92. The molecule has 1 fully saturated rings. The summed E-state index contributed by atoms with van der Waals surface area (Å²) in [5.74, 6) is -1.28. The van der Waals surface area contributed by atoms with E-state index in [2.05, 4.69) is 21.2 Å². The van der Waals surface area contributed by atoms with Crippen LogP contribution in [0.2, 0.25) is 0 Å². The summed E-state index contributed by atoms with van der Waals surface area (Å²) in [5, 5.41) is 2.12. The molecule has 0 atom stereocenters. The summed E-state index contributed by atoms with van der Waals surface area (Å²) in [4.78, 5) is 38.3. The standard InChI is InChI=1S/C21H18BrFN2O5/c1-11(2)30-18-10-16(22)12(9-17(18)29-3)8-15-19(26)24-21(28)25(20(15)27)14-6-4-13(23)5-7-14/h4-11H,1-3H3,(H,24,26,28)/b15-8+. The summed E-state index contributed by atoms with van der Waals surface area (Å²) in [6, 6.07) is 7.14. The van der Waals surface area contributed by atoms with Gasteiger partial charge in [0.2, 0.25) is 0 Å². The molecule has 4 amide bonds. The zero-order chi connectivity index (χ0) is 22.0. The molecule has 2 aromatic rings. The Kier molecular flexibility index (Phi) is 6.21. The summed E-state index contributed by atoms with van der Waals surface area (Å²) >= 11 is 3.40. The van der Waals surface area contributed by atoms with Gasteiger partial charge in [0.25, 0.3) is 11.8 Å². The summed E-state index contributed by atoms with van der Waals surface area (Å²) in [6.45, 7) is 3.74. The highest BCUT2D eigenvalue weighted by Gasteiger charge is 2.37. The van der Waals surface area contributed by atoms with Crippen molar-refractivity contribution in [2.45, 2.75) is 20.0 Å². The molecule has 30 heavy (non-hydrogen) atoms. The van der Waals surface area contributed by atoms with Gasteiger partial charge in [0.05, 0.1) is 18.9 Å². The zero-order valence-electron chi connectivity index (χ0n) is 16.4. The maximum atomic E-state index is 13.2.